The van der Waals surface area contributed by atoms with E-state index in [1.54, 1.807) is 11.3 Å². The Kier molecular flexibility index (Phi) is 2.52. The van der Waals surface area contributed by atoms with Gasteiger partial charge in [0.25, 0.3) is 0 Å². The number of aryl methyl sites for hydroxylation is 2. The van der Waals surface area contributed by atoms with Crippen LogP contribution in [0.3, 0.4) is 0 Å². The van der Waals surface area contributed by atoms with E-state index in [1.807, 2.05) is 13.1 Å². The predicted octanol–water partition coefficient (Wildman–Crippen LogP) is 2.39. The highest BCUT2D eigenvalue weighted by atomic mass is 32.1. The second-order valence-electron chi connectivity index (χ2n) is 3.09. The van der Waals surface area contributed by atoms with Gasteiger partial charge in [-0.2, -0.15) is 0 Å². The quantitative estimate of drug-likeness (QED) is 0.853. The van der Waals surface area contributed by atoms with Crippen LogP contribution in [0.5, 0.6) is 0 Å². The van der Waals surface area contributed by atoms with Gasteiger partial charge in [0.2, 0.25) is 0 Å². The summed E-state index contributed by atoms with van der Waals surface area (Å²) in [6, 6.07) is 0. The van der Waals surface area contributed by atoms with Gasteiger partial charge in [-0.3, -0.25) is 0 Å². The molecule has 0 saturated carbocycles. The average molecular weight is 225 g/mol. The lowest BCUT2D eigenvalue weighted by Gasteiger charge is -1.88. The first-order valence-corrected chi connectivity index (χ1v) is 5.91. The molecule has 0 aliphatic rings. The minimum Gasteiger partial charge on any atom is -0.375 e. The Morgan fingerprint density at radius 2 is 2.14 bits per heavy atom. The molecule has 2 aromatic rings. The summed E-state index contributed by atoms with van der Waals surface area (Å²) in [5.74, 6) is 0. The zero-order chi connectivity index (χ0) is 10.1. The molecule has 2 N–H and O–H groups in total. The fraction of sp³-hybridized carbons (Fsp3) is 0.333. The van der Waals surface area contributed by atoms with E-state index < -0.39 is 0 Å². The van der Waals surface area contributed by atoms with Crippen LogP contribution >= 0.6 is 22.7 Å². The van der Waals surface area contributed by atoms with Crippen molar-refractivity contribution in [3.05, 3.63) is 26.7 Å². The van der Waals surface area contributed by atoms with Crippen molar-refractivity contribution in [3.63, 3.8) is 0 Å². The number of nitrogens with zero attached hydrogens (tertiary/aromatic N) is 2. The van der Waals surface area contributed by atoms with E-state index in [-0.39, 0.29) is 0 Å². The van der Waals surface area contributed by atoms with Gasteiger partial charge in [-0.25, -0.2) is 9.97 Å². The summed E-state index contributed by atoms with van der Waals surface area (Å²) in [5.41, 5.74) is 6.69. The molecular weight excluding hydrogens is 214 g/mol. The van der Waals surface area contributed by atoms with E-state index >= 15 is 0 Å². The van der Waals surface area contributed by atoms with E-state index in [2.05, 4.69) is 16.9 Å². The number of anilines is 1. The molecule has 0 saturated heterocycles. The molecule has 0 bridgehead atoms. The van der Waals surface area contributed by atoms with Crippen molar-refractivity contribution in [1.29, 1.82) is 0 Å². The Bertz CT molecular complexity index is 425. The second kappa shape index (κ2) is 3.67. The molecule has 0 aliphatic carbocycles. The molecular formula is C9H11N3S2. The van der Waals surface area contributed by atoms with E-state index in [0.717, 1.165) is 17.1 Å². The molecule has 0 unspecified atom stereocenters. The number of nitrogens with two attached hydrogens (primary N) is 1. The van der Waals surface area contributed by atoms with Crippen molar-refractivity contribution in [1.82, 2.24) is 9.97 Å². The van der Waals surface area contributed by atoms with Gasteiger partial charge in [0.15, 0.2) is 5.13 Å². The summed E-state index contributed by atoms with van der Waals surface area (Å²) in [6.07, 6.45) is 2.68. The molecule has 3 nitrogen and oxygen atoms in total. The van der Waals surface area contributed by atoms with Crippen molar-refractivity contribution in [2.24, 2.45) is 0 Å². The number of hydrogen-bond acceptors (Lipinski definition) is 5. The molecule has 74 valence electrons. The lowest BCUT2D eigenvalue weighted by Crippen LogP contribution is -1.82. The van der Waals surface area contributed by atoms with Crippen LogP contribution in [0.25, 0.3) is 0 Å². The Hall–Kier alpha value is -0.940. The van der Waals surface area contributed by atoms with E-state index in [1.165, 1.54) is 21.1 Å². The summed E-state index contributed by atoms with van der Waals surface area (Å²) in [5, 5.41) is 1.77. The standard InChI is InChI=1S/C9H11N3S2/c1-5-6(2)13-8(12-5)3-7-4-11-9(10)14-7/h4H,3H2,1-2H3,(H2,10,11). The van der Waals surface area contributed by atoms with Crippen molar-refractivity contribution >= 4 is 27.8 Å². The Morgan fingerprint density at radius 3 is 2.64 bits per heavy atom. The highest BCUT2D eigenvalue weighted by molar-refractivity contribution is 7.15. The fourth-order valence-electron chi connectivity index (χ4n) is 1.17. The molecule has 0 aliphatic heterocycles. The Balaban J connectivity index is 2.18. The van der Waals surface area contributed by atoms with Gasteiger partial charge in [-0.15, -0.1) is 22.7 Å². The molecule has 0 fully saturated rings. The van der Waals surface area contributed by atoms with Gasteiger partial charge >= 0.3 is 0 Å². The second-order valence-corrected chi connectivity index (χ2v) is 5.53. The molecule has 2 heterocycles. The van der Waals surface area contributed by atoms with Gasteiger partial charge < -0.3 is 5.73 Å². The van der Waals surface area contributed by atoms with Crippen LogP contribution in [-0.2, 0) is 6.42 Å². The molecule has 5 heteroatoms. The average Bonchev–Trinajstić information content (AvgIpc) is 2.62. The van der Waals surface area contributed by atoms with Crippen molar-refractivity contribution in [2.45, 2.75) is 20.3 Å². The maximum atomic E-state index is 5.56. The highest BCUT2D eigenvalue weighted by Crippen LogP contribution is 2.23. The van der Waals surface area contributed by atoms with Gasteiger partial charge in [0.05, 0.1) is 10.7 Å². The third kappa shape index (κ3) is 1.93. The summed E-state index contributed by atoms with van der Waals surface area (Å²) < 4.78 is 0. The Morgan fingerprint density at radius 1 is 1.36 bits per heavy atom. The summed E-state index contributed by atoms with van der Waals surface area (Å²) in [6.45, 7) is 4.13. The van der Waals surface area contributed by atoms with Crippen molar-refractivity contribution < 1.29 is 0 Å². The van der Waals surface area contributed by atoms with Crippen LogP contribution in [0.4, 0.5) is 5.13 Å². The minimum absolute atomic E-state index is 0.630. The van der Waals surface area contributed by atoms with Crippen LogP contribution < -0.4 is 5.73 Å². The van der Waals surface area contributed by atoms with Crippen molar-refractivity contribution in [3.8, 4) is 0 Å². The topological polar surface area (TPSA) is 51.8 Å². The van der Waals surface area contributed by atoms with Gasteiger partial charge in [0, 0.05) is 22.4 Å². The third-order valence-corrected chi connectivity index (χ3v) is 3.87. The van der Waals surface area contributed by atoms with Gasteiger partial charge in [0.1, 0.15) is 0 Å². The lowest BCUT2D eigenvalue weighted by atomic mass is 10.4. The molecule has 0 spiro atoms. The molecule has 0 atom stereocenters. The monoisotopic (exact) mass is 225 g/mol. The zero-order valence-electron chi connectivity index (χ0n) is 8.07. The van der Waals surface area contributed by atoms with Crippen LogP contribution in [0.15, 0.2) is 6.20 Å². The third-order valence-electron chi connectivity index (χ3n) is 1.97. The number of nitrogen functional groups attached to an aromatic ring is 1. The number of aromatic nitrogens is 2. The predicted molar refractivity (Wildman–Crippen MR) is 60.9 cm³/mol. The van der Waals surface area contributed by atoms with Gasteiger partial charge in [-0.1, -0.05) is 0 Å². The molecule has 2 aromatic heterocycles. The molecule has 2 rings (SSSR count). The maximum Gasteiger partial charge on any atom is 0.180 e. The first-order chi connectivity index (χ1) is 6.65. The van der Waals surface area contributed by atoms with Gasteiger partial charge in [-0.05, 0) is 13.8 Å². The lowest BCUT2D eigenvalue weighted by molar-refractivity contribution is 1.11. The molecule has 14 heavy (non-hydrogen) atoms. The first kappa shape index (κ1) is 9.61. The van der Waals surface area contributed by atoms with E-state index in [9.17, 15) is 0 Å². The molecule has 0 radical (unpaired) electrons. The van der Waals surface area contributed by atoms with Crippen LogP contribution in [0, 0.1) is 13.8 Å². The van der Waals surface area contributed by atoms with Crippen molar-refractivity contribution in [2.75, 3.05) is 5.73 Å². The zero-order valence-corrected chi connectivity index (χ0v) is 9.71. The van der Waals surface area contributed by atoms with E-state index in [0.29, 0.717) is 5.13 Å². The maximum absolute atomic E-state index is 5.56. The largest absolute Gasteiger partial charge is 0.375 e. The Labute approximate surface area is 90.6 Å². The normalized spacial score (nSPS) is 10.7. The summed E-state index contributed by atoms with van der Waals surface area (Å²) in [4.78, 5) is 11.0. The summed E-state index contributed by atoms with van der Waals surface area (Å²) in [7, 11) is 0. The van der Waals surface area contributed by atoms with Crippen LogP contribution in [0.1, 0.15) is 20.5 Å². The first-order valence-electron chi connectivity index (χ1n) is 4.28. The number of thiazole rings is 2. The minimum atomic E-state index is 0.630. The summed E-state index contributed by atoms with van der Waals surface area (Å²) >= 11 is 3.28. The number of hydrogen-bond donors (Lipinski definition) is 1. The van der Waals surface area contributed by atoms with Crippen LogP contribution in [0.2, 0.25) is 0 Å². The van der Waals surface area contributed by atoms with E-state index in [4.69, 9.17) is 5.73 Å². The highest BCUT2D eigenvalue weighted by Gasteiger charge is 2.06. The fourth-order valence-corrected chi connectivity index (χ4v) is 2.90. The SMILES string of the molecule is Cc1nc(Cc2cnc(N)s2)sc1C. The van der Waals surface area contributed by atoms with Crippen LogP contribution in [-0.4, -0.2) is 9.97 Å². The smallest absolute Gasteiger partial charge is 0.180 e. The molecule has 0 amide bonds. The molecule has 0 aromatic carbocycles. The number of rotatable bonds is 2.